The van der Waals surface area contributed by atoms with E-state index in [2.05, 4.69) is 10.2 Å². The topological polar surface area (TPSA) is 58.6 Å². The minimum atomic E-state index is -1.28. The lowest BCUT2D eigenvalue weighted by molar-refractivity contribution is -0.155. The van der Waals surface area contributed by atoms with Crippen LogP contribution in [0.25, 0.3) is 0 Å². The van der Waals surface area contributed by atoms with Gasteiger partial charge in [0.05, 0.1) is 6.61 Å². The van der Waals surface area contributed by atoms with Gasteiger partial charge in [-0.1, -0.05) is 37.3 Å². The van der Waals surface area contributed by atoms with Crippen LogP contribution in [0.1, 0.15) is 38.7 Å². The van der Waals surface area contributed by atoms with E-state index in [-0.39, 0.29) is 12.5 Å². The first kappa shape index (κ1) is 18.5. The van der Waals surface area contributed by atoms with E-state index in [9.17, 15) is 9.59 Å². The quantitative estimate of drug-likeness (QED) is 0.585. The minimum absolute atomic E-state index is 0.258. The van der Waals surface area contributed by atoms with Gasteiger partial charge in [0.2, 0.25) is 5.91 Å². The summed E-state index contributed by atoms with van der Waals surface area (Å²) in [7, 11) is 0. The summed E-state index contributed by atoms with van der Waals surface area (Å²) in [5.74, 6) is -0.744. The number of hydrogen-bond donors (Lipinski definition) is 1. The molecule has 132 valence electrons. The molecule has 0 bridgehead atoms. The molecule has 0 spiro atoms. The molecule has 1 aliphatic heterocycles. The summed E-state index contributed by atoms with van der Waals surface area (Å²) in [4.78, 5) is 28.0. The van der Waals surface area contributed by atoms with Gasteiger partial charge in [-0.2, -0.15) is 0 Å². The highest BCUT2D eigenvalue weighted by molar-refractivity contribution is 6.08. The minimum Gasteiger partial charge on any atom is -0.465 e. The molecule has 5 heteroatoms. The molecule has 2 rings (SSSR count). The van der Waals surface area contributed by atoms with Crippen molar-refractivity contribution in [3.63, 3.8) is 0 Å². The van der Waals surface area contributed by atoms with Crippen LogP contribution in [-0.2, 0) is 19.7 Å². The first-order chi connectivity index (χ1) is 11.6. The lowest BCUT2D eigenvalue weighted by atomic mass is 9.77. The third-order valence-corrected chi connectivity index (χ3v) is 4.72. The number of likely N-dealkylation sites (tertiary alicyclic amines) is 1. The van der Waals surface area contributed by atoms with Crippen LogP contribution in [0.4, 0.5) is 0 Å². The highest BCUT2D eigenvalue weighted by Crippen LogP contribution is 2.30. The molecule has 1 atom stereocenters. The van der Waals surface area contributed by atoms with Crippen molar-refractivity contribution in [2.24, 2.45) is 0 Å². The van der Waals surface area contributed by atoms with Crippen molar-refractivity contribution in [2.75, 3.05) is 32.8 Å². The van der Waals surface area contributed by atoms with Crippen LogP contribution in [0.5, 0.6) is 0 Å². The van der Waals surface area contributed by atoms with Crippen molar-refractivity contribution in [1.29, 1.82) is 0 Å². The lowest BCUT2D eigenvalue weighted by Gasteiger charge is -2.30. The SMILES string of the molecule is CCOC(=O)C(CC)(C(=O)NCCN1CCCC1)c1ccccc1. The maximum absolute atomic E-state index is 13.0. The average Bonchev–Trinajstić information content (AvgIpc) is 3.11. The molecule has 1 unspecified atom stereocenters. The van der Waals surface area contributed by atoms with Crippen molar-refractivity contribution in [2.45, 2.75) is 38.5 Å². The molecule has 0 saturated carbocycles. The van der Waals surface area contributed by atoms with Crippen LogP contribution >= 0.6 is 0 Å². The van der Waals surface area contributed by atoms with Gasteiger partial charge >= 0.3 is 5.97 Å². The number of nitrogens with zero attached hydrogens (tertiary/aromatic N) is 1. The Kier molecular flexibility index (Phi) is 6.79. The van der Waals surface area contributed by atoms with Gasteiger partial charge < -0.3 is 15.0 Å². The van der Waals surface area contributed by atoms with Crippen LogP contribution in [0.2, 0.25) is 0 Å². The summed E-state index contributed by atoms with van der Waals surface area (Å²) in [5, 5.41) is 2.96. The molecule has 0 radical (unpaired) electrons. The summed E-state index contributed by atoms with van der Waals surface area (Å²) in [6.45, 7) is 7.42. The van der Waals surface area contributed by atoms with Crippen molar-refractivity contribution < 1.29 is 14.3 Å². The Morgan fingerprint density at radius 1 is 1.17 bits per heavy atom. The predicted molar refractivity (Wildman–Crippen MR) is 93.7 cm³/mol. The summed E-state index contributed by atoms with van der Waals surface area (Å²) in [6, 6.07) is 9.20. The van der Waals surface area contributed by atoms with E-state index in [4.69, 9.17) is 4.74 Å². The Hall–Kier alpha value is -1.88. The monoisotopic (exact) mass is 332 g/mol. The number of rotatable bonds is 8. The molecule has 0 aliphatic carbocycles. The Bertz CT molecular complexity index is 541. The van der Waals surface area contributed by atoms with Crippen molar-refractivity contribution in [1.82, 2.24) is 10.2 Å². The first-order valence-electron chi connectivity index (χ1n) is 8.88. The molecule has 1 aromatic carbocycles. The molecule has 1 aromatic rings. The molecule has 1 amide bonds. The molecule has 5 nitrogen and oxygen atoms in total. The van der Waals surface area contributed by atoms with Gasteiger partial charge in [0.15, 0.2) is 5.41 Å². The van der Waals surface area contributed by atoms with Gasteiger partial charge in [-0.15, -0.1) is 0 Å². The standard InChI is InChI=1S/C19H28N2O3/c1-3-19(18(23)24-4-2,16-10-6-5-7-11-16)17(22)20-12-15-21-13-8-9-14-21/h5-7,10-11H,3-4,8-9,12-15H2,1-2H3,(H,20,22). The van der Waals surface area contributed by atoms with E-state index < -0.39 is 11.4 Å². The fraction of sp³-hybridized carbons (Fsp3) is 0.579. The van der Waals surface area contributed by atoms with Crippen LogP contribution in [-0.4, -0.2) is 49.6 Å². The number of nitrogens with one attached hydrogen (secondary N) is 1. The summed E-state index contributed by atoms with van der Waals surface area (Å²) in [5.41, 5.74) is -0.591. The Morgan fingerprint density at radius 3 is 2.42 bits per heavy atom. The van der Waals surface area contributed by atoms with E-state index in [1.165, 1.54) is 12.8 Å². The van der Waals surface area contributed by atoms with Crippen molar-refractivity contribution >= 4 is 11.9 Å². The number of carbonyl (C=O) groups excluding carboxylic acids is 2. The van der Waals surface area contributed by atoms with Gasteiger partial charge in [-0.3, -0.25) is 9.59 Å². The third-order valence-electron chi connectivity index (χ3n) is 4.72. The lowest BCUT2D eigenvalue weighted by Crippen LogP contribution is -2.51. The Morgan fingerprint density at radius 2 is 1.83 bits per heavy atom. The normalized spacial score (nSPS) is 17.2. The second-order valence-electron chi connectivity index (χ2n) is 6.15. The number of ether oxygens (including phenoxy) is 1. The second-order valence-corrected chi connectivity index (χ2v) is 6.15. The molecule has 1 saturated heterocycles. The number of amides is 1. The zero-order chi connectivity index (χ0) is 17.4. The zero-order valence-electron chi connectivity index (χ0n) is 14.7. The summed E-state index contributed by atoms with van der Waals surface area (Å²) < 4.78 is 5.24. The second kappa shape index (κ2) is 8.83. The van der Waals surface area contributed by atoms with E-state index in [1.807, 2.05) is 37.3 Å². The van der Waals surface area contributed by atoms with Crippen LogP contribution in [0, 0.1) is 0 Å². The van der Waals surface area contributed by atoms with Gasteiger partial charge in [0.25, 0.3) is 0 Å². The van der Waals surface area contributed by atoms with E-state index in [0.29, 0.717) is 18.5 Å². The Labute approximate surface area is 144 Å². The van der Waals surface area contributed by atoms with Gasteiger partial charge in [0, 0.05) is 13.1 Å². The van der Waals surface area contributed by atoms with Gasteiger partial charge in [-0.25, -0.2) is 0 Å². The van der Waals surface area contributed by atoms with Crippen molar-refractivity contribution in [3.05, 3.63) is 35.9 Å². The zero-order valence-corrected chi connectivity index (χ0v) is 14.7. The van der Waals surface area contributed by atoms with Crippen LogP contribution in [0.3, 0.4) is 0 Å². The highest BCUT2D eigenvalue weighted by Gasteiger charge is 2.47. The first-order valence-corrected chi connectivity index (χ1v) is 8.88. The molecule has 24 heavy (non-hydrogen) atoms. The van der Waals surface area contributed by atoms with E-state index in [0.717, 1.165) is 19.6 Å². The van der Waals surface area contributed by atoms with Crippen LogP contribution in [0.15, 0.2) is 30.3 Å². The number of carbonyl (C=O) groups is 2. The molecule has 1 fully saturated rings. The predicted octanol–water partition coefficient (Wildman–Crippen LogP) is 2.11. The maximum atomic E-state index is 13.0. The largest absolute Gasteiger partial charge is 0.465 e. The van der Waals surface area contributed by atoms with Gasteiger partial charge in [0.1, 0.15) is 0 Å². The highest BCUT2D eigenvalue weighted by atomic mass is 16.5. The maximum Gasteiger partial charge on any atom is 0.326 e. The van der Waals surface area contributed by atoms with Gasteiger partial charge in [-0.05, 0) is 44.8 Å². The third kappa shape index (κ3) is 3.96. The fourth-order valence-corrected chi connectivity index (χ4v) is 3.31. The number of hydrogen-bond acceptors (Lipinski definition) is 4. The fourth-order valence-electron chi connectivity index (χ4n) is 3.31. The molecular weight excluding hydrogens is 304 g/mol. The van der Waals surface area contributed by atoms with Crippen molar-refractivity contribution in [3.8, 4) is 0 Å². The Balaban J connectivity index is 2.14. The average molecular weight is 332 g/mol. The number of esters is 1. The molecule has 1 N–H and O–H groups in total. The summed E-state index contributed by atoms with van der Waals surface area (Å²) >= 11 is 0. The van der Waals surface area contributed by atoms with E-state index in [1.54, 1.807) is 6.92 Å². The molecule has 0 aromatic heterocycles. The van der Waals surface area contributed by atoms with Crippen LogP contribution < -0.4 is 5.32 Å². The van der Waals surface area contributed by atoms with E-state index >= 15 is 0 Å². The molecule has 1 heterocycles. The molecular formula is C19H28N2O3. The smallest absolute Gasteiger partial charge is 0.326 e. The molecule has 1 aliphatic rings. The summed E-state index contributed by atoms with van der Waals surface area (Å²) in [6.07, 6.45) is 2.81. The number of benzene rings is 1.